The number of aromatic nitrogens is 2. The van der Waals surface area contributed by atoms with E-state index in [2.05, 4.69) is 10.4 Å². The maximum Gasteiger partial charge on any atom is 0.127 e. The van der Waals surface area contributed by atoms with E-state index >= 15 is 0 Å². The minimum atomic E-state index is 0.138. The zero-order valence-corrected chi connectivity index (χ0v) is 6.94. The molecule has 4 nitrogen and oxygen atoms in total. The molecule has 1 aliphatic rings. The molecule has 1 N–H and O–H groups in total. The fourth-order valence-electron chi connectivity index (χ4n) is 1.32. The molecule has 1 aromatic heterocycles. The van der Waals surface area contributed by atoms with Gasteiger partial charge in [-0.2, -0.15) is 5.10 Å². The molecule has 0 spiro atoms. The van der Waals surface area contributed by atoms with Gasteiger partial charge in [-0.3, -0.25) is 10.00 Å². The van der Waals surface area contributed by atoms with Gasteiger partial charge < -0.3 is 4.74 Å². The highest BCUT2D eigenvalue weighted by atomic mass is 16.5. The normalized spacial score (nSPS) is 24.2. The summed E-state index contributed by atoms with van der Waals surface area (Å²) in [5.41, 5.74) is 0. The first kappa shape index (κ1) is 7.76. The summed E-state index contributed by atoms with van der Waals surface area (Å²) in [7, 11) is 0. The lowest BCUT2D eigenvalue weighted by atomic mass is 10.4. The van der Waals surface area contributed by atoms with Gasteiger partial charge in [0.25, 0.3) is 0 Å². The second kappa shape index (κ2) is 3.69. The van der Waals surface area contributed by atoms with Crippen molar-refractivity contribution in [1.29, 1.82) is 0 Å². The van der Waals surface area contributed by atoms with E-state index < -0.39 is 0 Å². The van der Waals surface area contributed by atoms with Crippen molar-refractivity contribution in [2.24, 2.45) is 0 Å². The van der Waals surface area contributed by atoms with E-state index in [0.717, 1.165) is 26.1 Å². The highest BCUT2D eigenvalue weighted by Crippen LogP contribution is 1.99. The Morgan fingerprint density at radius 2 is 2.67 bits per heavy atom. The number of hydrogen-bond acceptors (Lipinski definition) is 3. The topological polar surface area (TPSA) is 39.1 Å². The highest BCUT2D eigenvalue weighted by Gasteiger charge is 2.12. The Bertz CT molecular complexity index is 216. The van der Waals surface area contributed by atoms with E-state index in [0.29, 0.717) is 0 Å². The van der Waals surface area contributed by atoms with Crippen LogP contribution in [-0.2, 0) is 11.3 Å². The van der Waals surface area contributed by atoms with Crippen molar-refractivity contribution in [2.75, 3.05) is 13.2 Å². The number of nitrogens with one attached hydrogen (secondary N) is 1. The fourth-order valence-corrected chi connectivity index (χ4v) is 1.32. The Kier molecular flexibility index (Phi) is 2.39. The van der Waals surface area contributed by atoms with Gasteiger partial charge in [0.2, 0.25) is 0 Å². The summed E-state index contributed by atoms with van der Waals surface area (Å²) in [6.07, 6.45) is 4.97. The van der Waals surface area contributed by atoms with Crippen LogP contribution in [0.5, 0.6) is 0 Å². The highest BCUT2D eigenvalue weighted by molar-refractivity contribution is 4.78. The monoisotopic (exact) mass is 167 g/mol. The molecule has 66 valence electrons. The summed E-state index contributed by atoms with van der Waals surface area (Å²) < 4.78 is 7.36. The molecule has 0 aromatic carbocycles. The molecule has 0 radical (unpaired) electrons. The third kappa shape index (κ3) is 1.84. The molecule has 2 heterocycles. The summed E-state index contributed by atoms with van der Waals surface area (Å²) >= 11 is 0. The van der Waals surface area contributed by atoms with Gasteiger partial charge in [0.05, 0.1) is 6.54 Å². The van der Waals surface area contributed by atoms with Crippen molar-refractivity contribution < 1.29 is 4.74 Å². The van der Waals surface area contributed by atoms with Gasteiger partial charge in [0.1, 0.15) is 6.23 Å². The van der Waals surface area contributed by atoms with Crippen LogP contribution in [0.15, 0.2) is 18.5 Å². The fraction of sp³-hybridized carbons (Fsp3) is 0.625. The smallest absolute Gasteiger partial charge is 0.127 e. The van der Waals surface area contributed by atoms with Crippen molar-refractivity contribution in [3.63, 3.8) is 0 Å². The SMILES string of the molecule is c1cnn(C[C@H]2NCCCO2)c1. The molecule has 0 aliphatic carbocycles. The third-order valence-electron chi connectivity index (χ3n) is 1.92. The molecular formula is C8H13N3O. The molecule has 0 amide bonds. The van der Waals surface area contributed by atoms with Crippen LogP contribution in [0.25, 0.3) is 0 Å². The molecule has 1 saturated heterocycles. The number of rotatable bonds is 2. The van der Waals surface area contributed by atoms with Crippen molar-refractivity contribution >= 4 is 0 Å². The van der Waals surface area contributed by atoms with Crippen LogP contribution in [-0.4, -0.2) is 29.2 Å². The van der Waals surface area contributed by atoms with Gasteiger partial charge in [-0.05, 0) is 19.0 Å². The molecule has 1 aromatic rings. The average molecular weight is 167 g/mol. The van der Waals surface area contributed by atoms with E-state index in [9.17, 15) is 0 Å². The molecular weight excluding hydrogens is 154 g/mol. The number of ether oxygens (including phenoxy) is 1. The van der Waals surface area contributed by atoms with Gasteiger partial charge >= 0.3 is 0 Å². The molecule has 0 saturated carbocycles. The van der Waals surface area contributed by atoms with E-state index in [1.807, 2.05) is 16.9 Å². The lowest BCUT2D eigenvalue weighted by molar-refractivity contribution is -0.0108. The van der Waals surface area contributed by atoms with Crippen LogP contribution in [0.2, 0.25) is 0 Å². The Balaban J connectivity index is 1.86. The zero-order chi connectivity index (χ0) is 8.23. The lowest BCUT2D eigenvalue weighted by Crippen LogP contribution is -2.41. The first-order valence-corrected chi connectivity index (χ1v) is 4.27. The average Bonchev–Trinajstić information content (AvgIpc) is 2.59. The van der Waals surface area contributed by atoms with Crippen LogP contribution >= 0.6 is 0 Å². The molecule has 2 rings (SSSR count). The predicted octanol–water partition coefficient (Wildman–Crippen LogP) is 0.219. The molecule has 1 atom stereocenters. The second-order valence-corrected chi connectivity index (χ2v) is 2.90. The van der Waals surface area contributed by atoms with Crippen LogP contribution < -0.4 is 5.32 Å². The van der Waals surface area contributed by atoms with Crippen LogP contribution in [0.3, 0.4) is 0 Å². The summed E-state index contributed by atoms with van der Waals surface area (Å²) in [5, 5.41) is 7.38. The van der Waals surface area contributed by atoms with Gasteiger partial charge in [0.15, 0.2) is 0 Å². The lowest BCUT2D eigenvalue weighted by Gasteiger charge is -2.23. The van der Waals surface area contributed by atoms with Crippen molar-refractivity contribution in [2.45, 2.75) is 19.2 Å². The summed E-state index contributed by atoms with van der Waals surface area (Å²) in [5.74, 6) is 0. The Labute approximate surface area is 71.5 Å². The first-order valence-electron chi connectivity index (χ1n) is 4.27. The van der Waals surface area contributed by atoms with Gasteiger partial charge in [-0.15, -0.1) is 0 Å². The summed E-state index contributed by atoms with van der Waals surface area (Å²) in [4.78, 5) is 0. The maximum absolute atomic E-state index is 5.48. The van der Waals surface area contributed by atoms with Gasteiger partial charge in [-0.1, -0.05) is 0 Å². The van der Waals surface area contributed by atoms with E-state index in [-0.39, 0.29) is 6.23 Å². The first-order chi connectivity index (χ1) is 5.95. The Hall–Kier alpha value is -0.870. The number of nitrogens with zero attached hydrogens (tertiary/aromatic N) is 2. The molecule has 1 fully saturated rings. The Morgan fingerprint density at radius 3 is 3.33 bits per heavy atom. The molecule has 1 aliphatic heterocycles. The molecule has 4 heteroatoms. The molecule has 0 unspecified atom stereocenters. The molecule has 12 heavy (non-hydrogen) atoms. The van der Waals surface area contributed by atoms with E-state index in [1.165, 1.54) is 0 Å². The third-order valence-corrected chi connectivity index (χ3v) is 1.92. The minimum absolute atomic E-state index is 0.138. The largest absolute Gasteiger partial charge is 0.361 e. The Morgan fingerprint density at radius 1 is 1.67 bits per heavy atom. The molecule has 0 bridgehead atoms. The van der Waals surface area contributed by atoms with Crippen LogP contribution in [0.4, 0.5) is 0 Å². The minimum Gasteiger partial charge on any atom is -0.361 e. The second-order valence-electron chi connectivity index (χ2n) is 2.90. The van der Waals surface area contributed by atoms with Gasteiger partial charge in [-0.25, -0.2) is 0 Å². The van der Waals surface area contributed by atoms with E-state index in [1.54, 1.807) is 6.20 Å². The zero-order valence-electron chi connectivity index (χ0n) is 6.94. The van der Waals surface area contributed by atoms with E-state index in [4.69, 9.17) is 4.74 Å². The van der Waals surface area contributed by atoms with Crippen LogP contribution in [0.1, 0.15) is 6.42 Å². The quantitative estimate of drug-likeness (QED) is 0.684. The van der Waals surface area contributed by atoms with Crippen molar-refractivity contribution in [3.05, 3.63) is 18.5 Å². The summed E-state index contributed by atoms with van der Waals surface area (Å²) in [6, 6.07) is 1.92. The maximum atomic E-state index is 5.48. The standard InChI is InChI=1S/C8H13N3O/c1-4-10-11(5-1)7-8-9-3-2-6-12-8/h1,4-5,8-9H,2-3,6-7H2/t8-/m0/s1. The van der Waals surface area contributed by atoms with Crippen LogP contribution in [0, 0.1) is 0 Å². The summed E-state index contributed by atoms with van der Waals surface area (Å²) in [6.45, 7) is 2.71. The van der Waals surface area contributed by atoms with Crippen molar-refractivity contribution in [1.82, 2.24) is 15.1 Å². The predicted molar refractivity (Wildman–Crippen MR) is 44.6 cm³/mol. The van der Waals surface area contributed by atoms with Crippen molar-refractivity contribution in [3.8, 4) is 0 Å². The number of hydrogen-bond donors (Lipinski definition) is 1. The van der Waals surface area contributed by atoms with Gasteiger partial charge in [0, 0.05) is 19.0 Å².